The number of amides is 1. The molecule has 0 aliphatic rings. The molecular formula is C22H29FN4OS. The van der Waals surface area contributed by atoms with E-state index in [-0.39, 0.29) is 11.7 Å². The monoisotopic (exact) mass is 416 g/mol. The van der Waals surface area contributed by atoms with Crippen LogP contribution >= 0.6 is 11.8 Å². The molecule has 2 aromatic carbocycles. The van der Waals surface area contributed by atoms with Crippen LogP contribution in [0.3, 0.4) is 0 Å². The van der Waals surface area contributed by atoms with Gasteiger partial charge in [-0.25, -0.2) is 4.39 Å². The Hall–Kier alpha value is -2.54. The zero-order valence-electron chi connectivity index (χ0n) is 17.2. The van der Waals surface area contributed by atoms with Crippen LogP contribution in [0, 0.1) is 5.82 Å². The molecule has 2 rings (SSSR count). The molecule has 0 saturated heterocycles. The number of guanidine groups is 1. The first-order valence-electron chi connectivity index (χ1n) is 9.57. The minimum Gasteiger partial charge on any atom is -0.356 e. The molecule has 7 heteroatoms. The first-order valence-corrected chi connectivity index (χ1v) is 10.7. The second-order valence-electron chi connectivity index (χ2n) is 6.72. The highest BCUT2D eigenvalue weighted by Crippen LogP contribution is 2.14. The van der Waals surface area contributed by atoms with Gasteiger partial charge in [-0.05, 0) is 35.7 Å². The van der Waals surface area contributed by atoms with E-state index in [4.69, 9.17) is 0 Å². The smallest absolute Gasteiger partial charge is 0.253 e. The summed E-state index contributed by atoms with van der Waals surface area (Å²) < 4.78 is 13.6. The van der Waals surface area contributed by atoms with Crippen molar-refractivity contribution < 1.29 is 9.18 Å². The number of nitrogens with zero attached hydrogens (tertiary/aromatic N) is 2. The highest BCUT2D eigenvalue weighted by atomic mass is 32.2. The fraction of sp³-hybridized carbons (Fsp3) is 0.364. The number of carbonyl (C=O) groups excluding carboxylic acids is 1. The highest BCUT2D eigenvalue weighted by molar-refractivity contribution is 7.98. The zero-order chi connectivity index (χ0) is 21.1. The van der Waals surface area contributed by atoms with Gasteiger partial charge >= 0.3 is 0 Å². The molecule has 0 aliphatic heterocycles. The van der Waals surface area contributed by atoms with Crippen molar-refractivity contribution in [1.82, 2.24) is 15.5 Å². The third kappa shape index (κ3) is 7.77. The summed E-state index contributed by atoms with van der Waals surface area (Å²) in [5, 5.41) is 6.55. The number of carbonyl (C=O) groups is 1. The van der Waals surface area contributed by atoms with Crippen molar-refractivity contribution in [2.45, 2.75) is 12.2 Å². The molecule has 0 aliphatic carbocycles. The lowest BCUT2D eigenvalue weighted by molar-refractivity contribution is 0.0827. The predicted octanol–water partition coefficient (Wildman–Crippen LogP) is 3.17. The average molecular weight is 417 g/mol. The van der Waals surface area contributed by atoms with E-state index in [0.717, 1.165) is 35.8 Å². The van der Waals surface area contributed by atoms with Gasteiger partial charge in [0.2, 0.25) is 0 Å². The minimum atomic E-state index is -0.151. The molecule has 5 nitrogen and oxygen atoms in total. The fourth-order valence-corrected chi connectivity index (χ4v) is 3.55. The lowest BCUT2D eigenvalue weighted by Gasteiger charge is -2.13. The van der Waals surface area contributed by atoms with Gasteiger partial charge in [0.1, 0.15) is 5.82 Å². The SMILES string of the molecule is CN=C(NCCSCc1ccccc1F)NCCc1cccc(C(=O)N(C)C)c1. The van der Waals surface area contributed by atoms with Crippen molar-refractivity contribution in [3.05, 3.63) is 71.0 Å². The molecule has 0 radical (unpaired) electrons. The molecule has 29 heavy (non-hydrogen) atoms. The maximum Gasteiger partial charge on any atom is 0.253 e. The summed E-state index contributed by atoms with van der Waals surface area (Å²) in [7, 11) is 5.24. The number of hydrogen-bond acceptors (Lipinski definition) is 3. The predicted molar refractivity (Wildman–Crippen MR) is 120 cm³/mol. The molecule has 0 atom stereocenters. The maximum atomic E-state index is 13.6. The van der Waals surface area contributed by atoms with Crippen molar-refractivity contribution >= 4 is 23.6 Å². The van der Waals surface area contributed by atoms with Crippen molar-refractivity contribution in [2.24, 2.45) is 4.99 Å². The van der Waals surface area contributed by atoms with Crippen LogP contribution in [0.15, 0.2) is 53.5 Å². The van der Waals surface area contributed by atoms with Gasteiger partial charge in [0.25, 0.3) is 5.91 Å². The molecule has 0 unspecified atom stereocenters. The number of thioether (sulfide) groups is 1. The summed E-state index contributed by atoms with van der Waals surface area (Å²) in [6.45, 7) is 1.45. The van der Waals surface area contributed by atoms with E-state index in [1.807, 2.05) is 36.4 Å². The van der Waals surface area contributed by atoms with Crippen molar-refractivity contribution in [3.8, 4) is 0 Å². The van der Waals surface area contributed by atoms with E-state index >= 15 is 0 Å². The lowest BCUT2D eigenvalue weighted by Crippen LogP contribution is -2.39. The highest BCUT2D eigenvalue weighted by Gasteiger charge is 2.08. The largest absolute Gasteiger partial charge is 0.356 e. The normalized spacial score (nSPS) is 11.2. The van der Waals surface area contributed by atoms with Gasteiger partial charge in [-0.3, -0.25) is 9.79 Å². The van der Waals surface area contributed by atoms with E-state index < -0.39 is 0 Å². The second-order valence-corrected chi connectivity index (χ2v) is 7.82. The Kier molecular flexibility index (Phi) is 9.50. The Bertz CT molecular complexity index is 826. The minimum absolute atomic E-state index is 0.00479. The Labute approximate surface area is 176 Å². The summed E-state index contributed by atoms with van der Waals surface area (Å²) in [5.74, 6) is 2.09. The van der Waals surface area contributed by atoms with Crippen LogP contribution in [-0.4, -0.2) is 56.8 Å². The molecule has 0 bridgehead atoms. The summed E-state index contributed by atoms with van der Waals surface area (Å²) in [6, 6.07) is 14.6. The van der Waals surface area contributed by atoms with Gasteiger partial charge in [-0.2, -0.15) is 11.8 Å². The van der Waals surface area contributed by atoms with E-state index in [1.54, 1.807) is 43.9 Å². The molecular weight excluding hydrogens is 387 g/mol. The number of halogens is 1. The summed E-state index contributed by atoms with van der Waals surface area (Å²) >= 11 is 1.68. The number of benzene rings is 2. The Morgan fingerprint density at radius 1 is 1.10 bits per heavy atom. The van der Waals surface area contributed by atoms with E-state index in [2.05, 4.69) is 15.6 Å². The molecule has 2 N–H and O–H groups in total. The van der Waals surface area contributed by atoms with Gasteiger partial charge in [-0.15, -0.1) is 0 Å². The Balaban J connectivity index is 1.68. The lowest BCUT2D eigenvalue weighted by atomic mass is 10.1. The number of rotatable bonds is 9. The van der Waals surface area contributed by atoms with Gasteiger partial charge in [0, 0.05) is 51.3 Å². The third-order valence-corrected chi connectivity index (χ3v) is 5.27. The van der Waals surface area contributed by atoms with Gasteiger partial charge in [0.15, 0.2) is 5.96 Å². The van der Waals surface area contributed by atoms with E-state index in [1.165, 1.54) is 6.07 Å². The molecule has 0 aromatic heterocycles. The first kappa shape index (κ1) is 22.7. The quantitative estimate of drug-likeness (QED) is 0.375. The number of hydrogen-bond donors (Lipinski definition) is 2. The van der Waals surface area contributed by atoms with Gasteiger partial charge in [0.05, 0.1) is 0 Å². The van der Waals surface area contributed by atoms with Crippen LogP contribution in [0.2, 0.25) is 0 Å². The Morgan fingerprint density at radius 3 is 2.59 bits per heavy atom. The maximum absolute atomic E-state index is 13.6. The molecule has 0 spiro atoms. The molecule has 0 heterocycles. The van der Waals surface area contributed by atoms with Crippen LogP contribution in [0.5, 0.6) is 0 Å². The zero-order valence-corrected chi connectivity index (χ0v) is 18.1. The van der Waals surface area contributed by atoms with Crippen LogP contribution in [0.1, 0.15) is 21.5 Å². The van der Waals surface area contributed by atoms with E-state index in [9.17, 15) is 9.18 Å². The molecule has 156 valence electrons. The molecule has 1 amide bonds. The number of nitrogens with one attached hydrogen (secondary N) is 2. The summed E-state index contributed by atoms with van der Waals surface area (Å²) in [4.78, 5) is 17.9. The van der Waals surface area contributed by atoms with Gasteiger partial charge < -0.3 is 15.5 Å². The van der Waals surface area contributed by atoms with Gasteiger partial charge in [-0.1, -0.05) is 30.3 Å². The average Bonchev–Trinajstić information content (AvgIpc) is 2.73. The fourth-order valence-electron chi connectivity index (χ4n) is 2.70. The van der Waals surface area contributed by atoms with Crippen molar-refractivity contribution in [2.75, 3.05) is 40.0 Å². The second kappa shape index (κ2) is 12.1. The topological polar surface area (TPSA) is 56.7 Å². The summed E-state index contributed by atoms with van der Waals surface area (Å²) in [5.41, 5.74) is 2.53. The first-order chi connectivity index (χ1) is 14.0. The van der Waals surface area contributed by atoms with Crippen LogP contribution in [0.4, 0.5) is 4.39 Å². The van der Waals surface area contributed by atoms with Crippen LogP contribution in [0.25, 0.3) is 0 Å². The van der Waals surface area contributed by atoms with Crippen LogP contribution in [-0.2, 0) is 12.2 Å². The van der Waals surface area contributed by atoms with Crippen molar-refractivity contribution in [1.29, 1.82) is 0 Å². The Morgan fingerprint density at radius 2 is 1.86 bits per heavy atom. The number of aliphatic imine (C=N–C) groups is 1. The van der Waals surface area contributed by atoms with E-state index in [0.29, 0.717) is 17.9 Å². The standard InChI is InChI=1S/C22H29FN4OS/c1-24-22(26-13-14-29-16-19-8-4-5-10-20(19)23)25-12-11-17-7-6-9-18(15-17)21(28)27(2)3/h4-10,15H,11-14,16H2,1-3H3,(H2,24,25,26). The molecule has 0 saturated carbocycles. The van der Waals surface area contributed by atoms with Crippen LogP contribution < -0.4 is 10.6 Å². The molecule has 2 aromatic rings. The third-order valence-electron chi connectivity index (χ3n) is 4.26. The molecule has 0 fully saturated rings. The summed E-state index contributed by atoms with van der Waals surface area (Å²) in [6.07, 6.45) is 0.789. The van der Waals surface area contributed by atoms with Crippen molar-refractivity contribution in [3.63, 3.8) is 0 Å².